The summed E-state index contributed by atoms with van der Waals surface area (Å²) in [5.74, 6) is -1.28. The van der Waals surface area contributed by atoms with Gasteiger partial charge in [0.05, 0.1) is 11.5 Å². The normalized spacial score (nSPS) is 21.2. The number of barbiturate groups is 1. The molecule has 9 heteroatoms. The van der Waals surface area contributed by atoms with Gasteiger partial charge < -0.3 is 4.90 Å². The van der Waals surface area contributed by atoms with Crippen LogP contribution in [-0.2, 0) is 22.6 Å². The van der Waals surface area contributed by atoms with Crippen molar-refractivity contribution >= 4 is 29.2 Å². The minimum atomic E-state index is -1.53. The molecule has 1 fully saturated rings. The lowest BCUT2D eigenvalue weighted by molar-refractivity contribution is -0.384. The van der Waals surface area contributed by atoms with Crippen LogP contribution in [0.1, 0.15) is 11.1 Å². The summed E-state index contributed by atoms with van der Waals surface area (Å²) in [6, 6.07) is 12.6. The molecule has 148 valence electrons. The van der Waals surface area contributed by atoms with Crippen LogP contribution in [0, 0.1) is 15.5 Å². The summed E-state index contributed by atoms with van der Waals surface area (Å²) < 4.78 is 0. The Labute approximate surface area is 166 Å². The summed E-state index contributed by atoms with van der Waals surface area (Å²) >= 11 is 0. The highest BCUT2D eigenvalue weighted by Gasteiger charge is 2.56. The third-order valence-electron chi connectivity index (χ3n) is 5.42. The number of hydrogen-bond acceptors (Lipinski definition) is 6. The number of fused-ring (bicyclic) bond motifs is 1. The van der Waals surface area contributed by atoms with E-state index in [1.54, 1.807) is 42.3 Å². The number of urea groups is 1. The Morgan fingerprint density at radius 3 is 2.55 bits per heavy atom. The third-order valence-corrected chi connectivity index (χ3v) is 5.42. The molecular formula is C20H18N4O5. The molecule has 1 atom stereocenters. The van der Waals surface area contributed by atoms with Crippen molar-refractivity contribution in [1.82, 2.24) is 10.2 Å². The second kappa shape index (κ2) is 6.69. The van der Waals surface area contributed by atoms with Crippen LogP contribution in [-0.4, -0.2) is 41.3 Å². The van der Waals surface area contributed by atoms with Crippen LogP contribution in [0.15, 0.2) is 48.5 Å². The van der Waals surface area contributed by atoms with Crippen molar-refractivity contribution in [1.29, 1.82) is 0 Å². The second-order valence-corrected chi connectivity index (χ2v) is 7.32. The molecule has 0 unspecified atom stereocenters. The number of benzene rings is 2. The van der Waals surface area contributed by atoms with E-state index in [4.69, 9.17) is 0 Å². The highest BCUT2D eigenvalue weighted by Crippen LogP contribution is 2.40. The number of rotatable bonds is 3. The van der Waals surface area contributed by atoms with Gasteiger partial charge in [0, 0.05) is 31.4 Å². The predicted molar refractivity (Wildman–Crippen MR) is 103 cm³/mol. The number of nitro groups is 1. The van der Waals surface area contributed by atoms with Crippen molar-refractivity contribution in [2.45, 2.75) is 13.0 Å². The molecular weight excluding hydrogens is 376 g/mol. The zero-order valence-electron chi connectivity index (χ0n) is 15.6. The molecule has 2 aromatic carbocycles. The first-order chi connectivity index (χ1) is 13.8. The van der Waals surface area contributed by atoms with Gasteiger partial charge >= 0.3 is 6.03 Å². The number of nitro benzene ring substituents is 1. The number of hydrogen-bond donors (Lipinski definition) is 1. The van der Waals surface area contributed by atoms with E-state index in [-0.39, 0.29) is 25.2 Å². The molecule has 0 aromatic heterocycles. The van der Waals surface area contributed by atoms with E-state index >= 15 is 0 Å². The summed E-state index contributed by atoms with van der Waals surface area (Å²) in [6.45, 7) is 0.104. The number of amides is 4. The maximum atomic E-state index is 13.4. The molecule has 2 aliphatic heterocycles. The number of anilines is 1. The maximum Gasteiger partial charge on any atom is 0.331 e. The standard InChI is InChI=1S/C20H18N4O5/c1-22-12-20(10-14-9-15(24(28)29)7-8-16(14)22)17(25)21-19(27)23(18(20)26)11-13-5-3-2-4-6-13/h2-9H,10-12H2,1H3,(H,21,25,27)/t20-/m1/s1. The van der Waals surface area contributed by atoms with Gasteiger partial charge in [0.2, 0.25) is 11.8 Å². The molecule has 2 aromatic rings. The van der Waals surface area contributed by atoms with Crippen LogP contribution in [0.25, 0.3) is 0 Å². The fraction of sp³-hybridized carbons (Fsp3) is 0.250. The predicted octanol–water partition coefficient (Wildman–Crippen LogP) is 1.85. The number of imide groups is 2. The summed E-state index contributed by atoms with van der Waals surface area (Å²) in [5, 5.41) is 13.5. The van der Waals surface area contributed by atoms with Crippen LogP contribution in [0.5, 0.6) is 0 Å². The number of nitrogens with one attached hydrogen (secondary N) is 1. The van der Waals surface area contributed by atoms with Gasteiger partial charge in [-0.2, -0.15) is 0 Å². The largest absolute Gasteiger partial charge is 0.373 e. The lowest BCUT2D eigenvalue weighted by Gasteiger charge is -2.45. The lowest BCUT2D eigenvalue weighted by Crippen LogP contribution is -2.68. The van der Waals surface area contributed by atoms with E-state index in [1.165, 1.54) is 12.1 Å². The quantitative estimate of drug-likeness (QED) is 0.483. The minimum absolute atomic E-state index is 0.0163. The Kier molecular flexibility index (Phi) is 4.30. The fourth-order valence-electron chi connectivity index (χ4n) is 4.01. The Morgan fingerprint density at radius 2 is 1.86 bits per heavy atom. The lowest BCUT2D eigenvalue weighted by atomic mass is 9.74. The van der Waals surface area contributed by atoms with Crippen molar-refractivity contribution in [3.05, 3.63) is 69.8 Å². The first-order valence-corrected chi connectivity index (χ1v) is 9.01. The van der Waals surface area contributed by atoms with Gasteiger partial charge in [-0.05, 0) is 23.6 Å². The zero-order chi connectivity index (χ0) is 20.8. The van der Waals surface area contributed by atoms with Crippen LogP contribution in [0.3, 0.4) is 0 Å². The molecule has 4 amide bonds. The number of non-ortho nitro benzene ring substituents is 1. The summed E-state index contributed by atoms with van der Waals surface area (Å²) in [6.07, 6.45) is -0.0163. The molecule has 0 aliphatic carbocycles. The first-order valence-electron chi connectivity index (χ1n) is 9.01. The van der Waals surface area contributed by atoms with E-state index in [0.717, 1.165) is 10.5 Å². The highest BCUT2D eigenvalue weighted by atomic mass is 16.6. The Balaban J connectivity index is 1.73. The molecule has 1 saturated heterocycles. The maximum absolute atomic E-state index is 13.4. The van der Waals surface area contributed by atoms with Crippen molar-refractivity contribution < 1.29 is 19.3 Å². The van der Waals surface area contributed by atoms with Gasteiger partial charge in [-0.15, -0.1) is 0 Å². The van der Waals surface area contributed by atoms with Gasteiger partial charge in [-0.1, -0.05) is 30.3 Å². The minimum Gasteiger partial charge on any atom is -0.373 e. The molecule has 1 N–H and O–H groups in total. The Bertz CT molecular complexity index is 1040. The van der Waals surface area contributed by atoms with Crippen LogP contribution < -0.4 is 10.2 Å². The van der Waals surface area contributed by atoms with Crippen LogP contribution in [0.4, 0.5) is 16.2 Å². The van der Waals surface area contributed by atoms with E-state index in [0.29, 0.717) is 11.3 Å². The molecule has 29 heavy (non-hydrogen) atoms. The molecule has 4 rings (SSSR count). The molecule has 2 aliphatic rings. The molecule has 2 heterocycles. The van der Waals surface area contributed by atoms with Crippen molar-refractivity contribution in [3.63, 3.8) is 0 Å². The third kappa shape index (κ3) is 3.00. The van der Waals surface area contributed by atoms with Gasteiger partial charge in [0.15, 0.2) is 0 Å². The van der Waals surface area contributed by atoms with Crippen LogP contribution in [0.2, 0.25) is 0 Å². The smallest absolute Gasteiger partial charge is 0.331 e. The molecule has 0 radical (unpaired) electrons. The van der Waals surface area contributed by atoms with Gasteiger partial charge in [-0.25, -0.2) is 4.79 Å². The van der Waals surface area contributed by atoms with Gasteiger partial charge in [-0.3, -0.25) is 29.9 Å². The summed E-state index contributed by atoms with van der Waals surface area (Å²) in [7, 11) is 1.71. The first kappa shape index (κ1) is 18.6. The highest BCUT2D eigenvalue weighted by molar-refractivity contribution is 6.20. The van der Waals surface area contributed by atoms with Crippen molar-refractivity contribution in [2.24, 2.45) is 5.41 Å². The van der Waals surface area contributed by atoms with E-state index in [9.17, 15) is 24.5 Å². The van der Waals surface area contributed by atoms with Crippen molar-refractivity contribution in [2.75, 3.05) is 18.5 Å². The van der Waals surface area contributed by atoms with Crippen molar-refractivity contribution in [3.8, 4) is 0 Å². The molecule has 1 spiro atoms. The summed E-state index contributed by atoms with van der Waals surface area (Å²) in [5.41, 5.74) is 0.342. The fourth-order valence-corrected chi connectivity index (χ4v) is 4.01. The molecule has 0 saturated carbocycles. The van der Waals surface area contributed by atoms with E-state index < -0.39 is 28.2 Å². The second-order valence-electron chi connectivity index (χ2n) is 7.32. The van der Waals surface area contributed by atoms with Gasteiger partial charge in [0.25, 0.3) is 5.69 Å². The van der Waals surface area contributed by atoms with Crippen LogP contribution >= 0.6 is 0 Å². The number of carbonyl (C=O) groups is 3. The molecule has 9 nitrogen and oxygen atoms in total. The average molecular weight is 394 g/mol. The number of carbonyl (C=O) groups excluding carboxylic acids is 3. The Hall–Kier alpha value is -3.75. The average Bonchev–Trinajstić information content (AvgIpc) is 2.70. The molecule has 0 bridgehead atoms. The monoisotopic (exact) mass is 394 g/mol. The van der Waals surface area contributed by atoms with E-state index in [1.807, 2.05) is 6.07 Å². The SMILES string of the molecule is CN1C[C@]2(Cc3cc([N+](=O)[O-])ccc31)C(=O)NC(=O)N(Cc1ccccc1)C2=O. The van der Waals surface area contributed by atoms with E-state index in [2.05, 4.69) is 5.32 Å². The Morgan fingerprint density at radius 1 is 1.14 bits per heavy atom. The summed E-state index contributed by atoms with van der Waals surface area (Å²) in [4.78, 5) is 52.0. The zero-order valence-corrected chi connectivity index (χ0v) is 15.6. The van der Waals surface area contributed by atoms with Gasteiger partial charge in [0.1, 0.15) is 5.41 Å². The topological polar surface area (TPSA) is 113 Å². The number of nitrogens with zero attached hydrogens (tertiary/aromatic N) is 3.